The van der Waals surface area contributed by atoms with E-state index in [2.05, 4.69) is 10.4 Å². The molecule has 1 N–H and O–H groups in total. The van der Waals surface area contributed by atoms with Gasteiger partial charge in [-0.25, -0.2) is 4.68 Å². The molecule has 0 radical (unpaired) electrons. The van der Waals surface area contributed by atoms with Crippen LogP contribution in [0.5, 0.6) is 0 Å². The Morgan fingerprint density at radius 3 is 2.92 bits per heavy atom. The molecule has 1 aromatic carbocycles. The second kappa shape index (κ2) is 6.97. The van der Waals surface area contributed by atoms with E-state index in [1.807, 2.05) is 42.2 Å². The molecule has 3 aromatic rings. The molecule has 6 nitrogen and oxygen atoms in total. The molecule has 0 unspecified atom stereocenters. The fourth-order valence-corrected chi connectivity index (χ4v) is 3.36. The quantitative estimate of drug-likeness (QED) is 0.768. The Morgan fingerprint density at radius 1 is 1.31 bits per heavy atom. The smallest absolute Gasteiger partial charge is 0.274 e. The fraction of sp³-hybridized carbons (Fsp3) is 0.263. The summed E-state index contributed by atoms with van der Waals surface area (Å²) in [4.78, 5) is 14.9. The van der Waals surface area contributed by atoms with Gasteiger partial charge in [0.05, 0.1) is 12.0 Å². The maximum atomic E-state index is 13.0. The van der Waals surface area contributed by atoms with Crippen LogP contribution >= 0.6 is 11.6 Å². The van der Waals surface area contributed by atoms with Crippen molar-refractivity contribution in [3.8, 4) is 17.1 Å². The van der Waals surface area contributed by atoms with E-state index in [0.29, 0.717) is 28.7 Å². The molecule has 7 heteroatoms. The van der Waals surface area contributed by atoms with E-state index in [-0.39, 0.29) is 11.9 Å². The number of halogens is 1. The summed E-state index contributed by atoms with van der Waals surface area (Å²) in [6.45, 7) is 4.27. The lowest BCUT2D eigenvalue weighted by molar-refractivity contribution is 0.0649. The van der Waals surface area contributed by atoms with Crippen molar-refractivity contribution in [3.63, 3.8) is 0 Å². The molecule has 1 amide bonds. The summed E-state index contributed by atoms with van der Waals surface area (Å²) in [5.41, 5.74) is 1.88. The van der Waals surface area contributed by atoms with Crippen LogP contribution in [0.1, 0.15) is 17.4 Å². The minimum Gasteiger partial charge on any atom is -0.463 e. The number of furan rings is 1. The van der Waals surface area contributed by atoms with Gasteiger partial charge >= 0.3 is 0 Å². The zero-order valence-corrected chi connectivity index (χ0v) is 15.1. The lowest BCUT2D eigenvalue weighted by Crippen LogP contribution is -2.52. The minimum atomic E-state index is -0.0763. The molecule has 134 valence electrons. The van der Waals surface area contributed by atoms with Crippen LogP contribution in [-0.2, 0) is 0 Å². The molecule has 4 rings (SSSR count). The van der Waals surface area contributed by atoms with E-state index in [0.717, 1.165) is 18.8 Å². The first-order valence-electron chi connectivity index (χ1n) is 8.55. The van der Waals surface area contributed by atoms with E-state index in [1.54, 1.807) is 23.1 Å². The largest absolute Gasteiger partial charge is 0.463 e. The van der Waals surface area contributed by atoms with Crippen molar-refractivity contribution in [2.45, 2.75) is 13.0 Å². The number of rotatable bonds is 3. The predicted molar refractivity (Wildman–Crippen MR) is 99.6 cm³/mol. The first-order chi connectivity index (χ1) is 12.6. The Hall–Kier alpha value is -2.57. The monoisotopic (exact) mass is 370 g/mol. The predicted octanol–water partition coefficient (Wildman–Crippen LogP) is 3.22. The third-order valence-corrected chi connectivity index (χ3v) is 4.75. The van der Waals surface area contributed by atoms with E-state index < -0.39 is 0 Å². The average molecular weight is 371 g/mol. The van der Waals surface area contributed by atoms with Crippen LogP contribution in [0.3, 0.4) is 0 Å². The Morgan fingerprint density at radius 2 is 2.19 bits per heavy atom. The van der Waals surface area contributed by atoms with Crippen LogP contribution in [-0.4, -0.2) is 46.3 Å². The molecule has 1 saturated heterocycles. The normalized spacial score (nSPS) is 17.5. The molecular formula is C19H19ClN4O2. The van der Waals surface area contributed by atoms with Gasteiger partial charge in [0.15, 0.2) is 11.5 Å². The van der Waals surface area contributed by atoms with Gasteiger partial charge in [0, 0.05) is 36.8 Å². The van der Waals surface area contributed by atoms with E-state index >= 15 is 0 Å². The van der Waals surface area contributed by atoms with Gasteiger partial charge in [-0.3, -0.25) is 4.79 Å². The van der Waals surface area contributed by atoms with Crippen molar-refractivity contribution in [1.82, 2.24) is 20.0 Å². The summed E-state index contributed by atoms with van der Waals surface area (Å²) >= 11 is 6.14. The van der Waals surface area contributed by atoms with Gasteiger partial charge in [0.1, 0.15) is 5.69 Å². The molecule has 2 aromatic heterocycles. The van der Waals surface area contributed by atoms with Crippen LogP contribution in [0, 0.1) is 0 Å². The summed E-state index contributed by atoms with van der Waals surface area (Å²) in [5.74, 6) is 0.567. The topological polar surface area (TPSA) is 63.3 Å². The van der Waals surface area contributed by atoms with Crippen molar-refractivity contribution in [1.29, 1.82) is 0 Å². The number of hydrogen-bond donors (Lipinski definition) is 1. The molecule has 0 bridgehead atoms. The highest BCUT2D eigenvalue weighted by atomic mass is 35.5. The van der Waals surface area contributed by atoms with Crippen LogP contribution in [0.25, 0.3) is 17.1 Å². The Kier molecular flexibility index (Phi) is 4.53. The van der Waals surface area contributed by atoms with Gasteiger partial charge in [-0.2, -0.15) is 5.10 Å². The van der Waals surface area contributed by atoms with Crippen molar-refractivity contribution in [2.24, 2.45) is 0 Å². The molecule has 0 aliphatic carbocycles. The van der Waals surface area contributed by atoms with Crippen molar-refractivity contribution in [3.05, 3.63) is 59.4 Å². The molecule has 0 spiro atoms. The van der Waals surface area contributed by atoms with Crippen molar-refractivity contribution in [2.75, 3.05) is 19.6 Å². The summed E-state index contributed by atoms with van der Waals surface area (Å²) < 4.78 is 7.24. The van der Waals surface area contributed by atoms with E-state index in [1.165, 1.54) is 0 Å². The van der Waals surface area contributed by atoms with Gasteiger partial charge in [-0.15, -0.1) is 0 Å². The van der Waals surface area contributed by atoms with Crippen LogP contribution in [0.4, 0.5) is 0 Å². The van der Waals surface area contributed by atoms with E-state index in [4.69, 9.17) is 16.0 Å². The third-order valence-electron chi connectivity index (χ3n) is 4.52. The number of amides is 1. The Labute approximate surface area is 156 Å². The number of nitrogens with zero attached hydrogens (tertiary/aromatic N) is 3. The number of carbonyl (C=O) groups is 1. The molecule has 0 saturated carbocycles. The number of hydrogen-bond acceptors (Lipinski definition) is 4. The summed E-state index contributed by atoms with van der Waals surface area (Å²) in [7, 11) is 0. The van der Waals surface area contributed by atoms with Crippen LogP contribution in [0.2, 0.25) is 5.02 Å². The zero-order valence-electron chi connectivity index (χ0n) is 14.4. The first-order valence-corrected chi connectivity index (χ1v) is 8.93. The van der Waals surface area contributed by atoms with Gasteiger partial charge in [-0.05, 0) is 37.3 Å². The average Bonchev–Trinajstić information content (AvgIpc) is 3.31. The van der Waals surface area contributed by atoms with Gasteiger partial charge in [-0.1, -0.05) is 17.7 Å². The molecule has 1 aliphatic heterocycles. The number of aromatic nitrogens is 2. The fourth-order valence-electron chi connectivity index (χ4n) is 3.18. The molecule has 1 atom stereocenters. The number of benzene rings is 1. The Balaban J connectivity index is 1.77. The number of nitrogens with one attached hydrogen (secondary N) is 1. The van der Waals surface area contributed by atoms with E-state index in [9.17, 15) is 4.79 Å². The summed E-state index contributed by atoms with van der Waals surface area (Å²) in [5, 5.41) is 8.47. The Bertz CT molecular complexity index is 920. The SMILES string of the molecule is C[C@@H]1CNCCN1C(=O)c1cc(-c2ccco2)n(-c2cccc(Cl)c2)n1. The van der Waals surface area contributed by atoms with Gasteiger partial charge in [0.2, 0.25) is 0 Å². The van der Waals surface area contributed by atoms with Crippen LogP contribution < -0.4 is 5.32 Å². The highest BCUT2D eigenvalue weighted by Crippen LogP contribution is 2.26. The standard InChI is InChI=1S/C19H19ClN4O2/c1-13-12-21-7-8-23(13)19(25)16-11-17(18-6-3-9-26-18)24(22-16)15-5-2-4-14(20)10-15/h2-6,9-11,13,21H,7-8,12H2,1H3/t13-/m1/s1. The molecule has 1 aliphatic rings. The highest BCUT2D eigenvalue weighted by molar-refractivity contribution is 6.30. The molecule has 3 heterocycles. The lowest BCUT2D eigenvalue weighted by Gasteiger charge is -2.33. The van der Waals surface area contributed by atoms with Gasteiger partial charge < -0.3 is 14.6 Å². The first kappa shape index (κ1) is 16.9. The summed E-state index contributed by atoms with van der Waals surface area (Å²) in [6.07, 6.45) is 1.60. The molecule has 1 fully saturated rings. The van der Waals surface area contributed by atoms with Gasteiger partial charge in [0.25, 0.3) is 5.91 Å². The third kappa shape index (κ3) is 3.13. The van der Waals surface area contributed by atoms with Crippen molar-refractivity contribution < 1.29 is 9.21 Å². The highest BCUT2D eigenvalue weighted by Gasteiger charge is 2.27. The zero-order chi connectivity index (χ0) is 18.1. The molecule has 26 heavy (non-hydrogen) atoms. The summed E-state index contributed by atoms with van der Waals surface area (Å²) in [6, 6.07) is 12.9. The second-order valence-electron chi connectivity index (χ2n) is 6.34. The second-order valence-corrected chi connectivity index (χ2v) is 6.77. The van der Waals surface area contributed by atoms with Crippen molar-refractivity contribution >= 4 is 17.5 Å². The van der Waals surface area contributed by atoms with Crippen LogP contribution in [0.15, 0.2) is 53.1 Å². The minimum absolute atomic E-state index is 0.0763. The number of piperazine rings is 1. The maximum absolute atomic E-state index is 13.0. The number of carbonyl (C=O) groups excluding carboxylic acids is 1. The maximum Gasteiger partial charge on any atom is 0.274 e. The molecular weight excluding hydrogens is 352 g/mol. The lowest BCUT2D eigenvalue weighted by atomic mass is 10.2.